The van der Waals surface area contributed by atoms with Gasteiger partial charge < -0.3 is 17.2 Å². The van der Waals surface area contributed by atoms with Gasteiger partial charge >= 0.3 is 0 Å². The van der Waals surface area contributed by atoms with Crippen LogP contribution in [0.4, 0.5) is 0 Å². The molecule has 0 aliphatic rings. The first-order valence-corrected chi connectivity index (χ1v) is 6.49. The zero-order valence-electron chi connectivity index (χ0n) is 11.0. The molecule has 2 amide bonds. The molecule has 5 nitrogen and oxygen atoms in total. The van der Waals surface area contributed by atoms with E-state index in [9.17, 15) is 9.59 Å². The summed E-state index contributed by atoms with van der Waals surface area (Å²) in [5, 5.41) is 0. The molecule has 1 aromatic carbocycles. The number of aryl methyl sites for hydroxylation is 1. The number of carbonyl (C=O) groups excluding carboxylic acids is 2. The van der Waals surface area contributed by atoms with Crippen LogP contribution in [0.3, 0.4) is 0 Å². The molecule has 1 rings (SSSR count). The lowest BCUT2D eigenvalue weighted by Gasteiger charge is -2.08. The monoisotopic (exact) mass is 263 g/mol. The lowest BCUT2D eigenvalue weighted by Crippen LogP contribution is -2.16. The molecule has 0 aromatic heterocycles. The van der Waals surface area contributed by atoms with Gasteiger partial charge in [0, 0.05) is 11.1 Å². The predicted octanol–water partition coefficient (Wildman–Crippen LogP) is 0.946. The number of rotatable bonds is 8. The van der Waals surface area contributed by atoms with E-state index in [1.165, 1.54) is 6.07 Å². The average molecular weight is 263 g/mol. The van der Waals surface area contributed by atoms with Crippen LogP contribution in [0.1, 0.15) is 52.0 Å². The molecular formula is C14H21N3O2. The van der Waals surface area contributed by atoms with E-state index in [0.717, 1.165) is 31.2 Å². The lowest BCUT2D eigenvalue weighted by atomic mass is 9.98. The standard InChI is InChI=1S/C14H21N3O2/c15-8-4-2-1-3-5-10-9-11(13(16)18)6-7-12(10)14(17)19/h6-7,9H,1-5,8,15H2,(H2,16,18)(H2,17,19). The number of amides is 2. The van der Waals surface area contributed by atoms with Crippen LogP contribution < -0.4 is 17.2 Å². The molecule has 1 aromatic rings. The number of hydrogen-bond acceptors (Lipinski definition) is 3. The minimum absolute atomic E-state index is 0.405. The van der Waals surface area contributed by atoms with Gasteiger partial charge in [0.1, 0.15) is 0 Å². The second-order valence-electron chi connectivity index (χ2n) is 4.55. The van der Waals surface area contributed by atoms with Crippen LogP contribution in [0.2, 0.25) is 0 Å². The van der Waals surface area contributed by atoms with Gasteiger partial charge in [-0.05, 0) is 49.6 Å². The van der Waals surface area contributed by atoms with E-state index in [0.29, 0.717) is 24.1 Å². The summed E-state index contributed by atoms with van der Waals surface area (Å²) in [6.45, 7) is 0.698. The molecule has 5 heteroatoms. The van der Waals surface area contributed by atoms with E-state index in [1.54, 1.807) is 12.1 Å². The summed E-state index contributed by atoms with van der Waals surface area (Å²) < 4.78 is 0. The Kier molecular flexibility index (Phi) is 6.02. The van der Waals surface area contributed by atoms with Gasteiger partial charge in [0.15, 0.2) is 0 Å². The van der Waals surface area contributed by atoms with Gasteiger partial charge in [-0.15, -0.1) is 0 Å². The molecule has 0 aliphatic carbocycles. The van der Waals surface area contributed by atoms with Gasteiger partial charge in [-0.3, -0.25) is 9.59 Å². The largest absolute Gasteiger partial charge is 0.366 e. The minimum Gasteiger partial charge on any atom is -0.366 e. The number of hydrogen-bond donors (Lipinski definition) is 3. The molecule has 104 valence electrons. The molecule has 0 heterocycles. The number of carbonyl (C=O) groups is 2. The normalized spacial score (nSPS) is 10.4. The Morgan fingerprint density at radius 2 is 1.63 bits per heavy atom. The summed E-state index contributed by atoms with van der Waals surface area (Å²) in [6, 6.07) is 4.75. The SMILES string of the molecule is NCCCCCCc1cc(C(N)=O)ccc1C(N)=O. The third-order valence-corrected chi connectivity index (χ3v) is 3.06. The van der Waals surface area contributed by atoms with E-state index in [1.807, 2.05) is 0 Å². The summed E-state index contributed by atoms with van der Waals surface area (Å²) in [4.78, 5) is 22.5. The third kappa shape index (κ3) is 4.71. The maximum absolute atomic E-state index is 11.3. The van der Waals surface area contributed by atoms with Crippen LogP contribution in [0.25, 0.3) is 0 Å². The highest BCUT2D eigenvalue weighted by Gasteiger charge is 2.10. The van der Waals surface area contributed by atoms with Gasteiger partial charge in [0.2, 0.25) is 11.8 Å². The molecule has 6 N–H and O–H groups in total. The van der Waals surface area contributed by atoms with E-state index < -0.39 is 11.8 Å². The van der Waals surface area contributed by atoms with Gasteiger partial charge in [-0.25, -0.2) is 0 Å². The Labute approximate surface area is 113 Å². The van der Waals surface area contributed by atoms with Crippen molar-refractivity contribution in [1.29, 1.82) is 0 Å². The van der Waals surface area contributed by atoms with Gasteiger partial charge in [-0.1, -0.05) is 12.8 Å². The molecule has 0 radical (unpaired) electrons. The van der Waals surface area contributed by atoms with Crippen molar-refractivity contribution in [1.82, 2.24) is 0 Å². The van der Waals surface area contributed by atoms with Crippen molar-refractivity contribution in [3.8, 4) is 0 Å². The van der Waals surface area contributed by atoms with Gasteiger partial charge in [-0.2, -0.15) is 0 Å². The fraction of sp³-hybridized carbons (Fsp3) is 0.429. The van der Waals surface area contributed by atoms with E-state index in [4.69, 9.17) is 17.2 Å². The van der Waals surface area contributed by atoms with Crippen molar-refractivity contribution in [3.63, 3.8) is 0 Å². The molecule has 0 spiro atoms. The summed E-state index contributed by atoms with van der Waals surface area (Å²) in [7, 11) is 0. The number of benzene rings is 1. The highest BCUT2D eigenvalue weighted by Crippen LogP contribution is 2.15. The first kappa shape index (κ1) is 15.2. The summed E-state index contributed by atoms with van der Waals surface area (Å²) in [6.07, 6.45) is 4.75. The Morgan fingerprint density at radius 3 is 2.21 bits per heavy atom. The maximum Gasteiger partial charge on any atom is 0.248 e. The van der Waals surface area contributed by atoms with E-state index in [-0.39, 0.29) is 0 Å². The highest BCUT2D eigenvalue weighted by molar-refractivity contribution is 5.97. The molecule has 0 saturated heterocycles. The molecule has 0 atom stereocenters. The lowest BCUT2D eigenvalue weighted by molar-refractivity contribution is 0.0987. The van der Waals surface area contributed by atoms with E-state index in [2.05, 4.69) is 0 Å². The van der Waals surface area contributed by atoms with Crippen LogP contribution in [0, 0.1) is 0 Å². The first-order chi connectivity index (χ1) is 9.06. The quantitative estimate of drug-likeness (QED) is 0.607. The van der Waals surface area contributed by atoms with Crippen LogP contribution in [0.5, 0.6) is 0 Å². The topological polar surface area (TPSA) is 112 Å². The predicted molar refractivity (Wildman–Crippen MR) is 74.7 cm³/mol. The summed E-state index contributed by atoms with van der Waals surface area (Å²) in [5.74, 6) is -0.978. The molecule has 0 aliphatic heterocycles. The fourth-order valence-electron chi connectivity index (χ4n) is 2.01. The fourth-order valence-corrected chi connectivity index (χ4v) is 2.01. The smallest absolute Gasteiger partial charge is 0.248 e. The highest BCUT2D eigenvalue weighted by atomic mass is 16.1. The minimum atomic E-state index is -0.500. The van der Waals surface area contributed by atoms with Gasteiger partial charge in [0.25, 0.3) is 0 Å². The van der Waals surface area contributed by atoms with Crippen LogP contribution >= 0.6 is 0 Å². The van der Waals surface area contributed by atoms with Crippen molar-refractivity contribution in [2.75, 3.05) is 6.54 Å². The van der Waals surface area contributed by atoms with E-state index >= 15 is 0 Å². The average Bonchev–Trinajstić information content (AvgIpc) is 2.38. The molecule has 0 unspecified atom stereocenters. The summed E-state index contributed by atoms with van der Waals surface area (Å²) >= 11 is 0. The second kappa shape index (κ2) is 7.53. The Hall–Kier alpha value is -1.88. The van der Waals surface area contributed by atoms with Crippen molar-refractivity contribution < 1.29 is 9.59 Å². The summed E-state index contributed by atoms with van der Waals surface area (Å²) in [5.41, 5.74) is 17.6. The molecular weight excluding hydrogens is 242 g/mol. The van der Waals surface area contributed by atoms with Crippen LogP contribution in [-0.4, -0.2) is 18.4 Å². The Bertz CT molecular complexity index is 458. The number of nitrogens with two attached hydrogens (primary N) is 3. The van der Waals surface area contributed by atoms with Crippen LogP contribution in [0.15, 0.2) is 18.2 Å². The number of primary amides is 2. The first-order valence-electron chi connectivity index (χ1n) is 6.49. The molecule has 0 bridgehead atoms. The van der Waals surface area contributed by atoms with Crippen molar-refractivity contribution in [2.45, 2.75) is 32.1 Å². The van der Waals surface area contributed by atoms with Crippen molar-refractivity contribution >= 4 is 11.8 Å². The zero-order chi connectivity index (χ0) is 14.3. The second-order valence-corrected chi connectivity index (χ2v) is 4.55. The maximum atomic E-state index is 11.3. The Morgan fingerprint density at radius 1 is 0.947 bits per heavy atom. The van der Waals surface area contributed by atoms with Crippen molar-refractivity contribution in [3.05, 3.63) is 34.9 Å². The third-order valence-electron chi connectivity index (χ3n) is 3.06. The van der Waals surface area contributed by atoms with Gasteiger partial charge in [0.05, 0.1) is 0 Å². The zero-order valence-corrected chi connectivity index (χ0v) is 11.0. The molecule has 0 saturated carbocycles. The van der Waals surface area contributed by atoms with Crippen LogP contribution in [-0.2, 0) is 6.42 Å². The molecule has 19 heavy (non-hydrogen) atoms. The number of unbranched alkanes of at least 4 members (excludes halogenated alkanes) is 3. The van der Waals surface area contributed by atoms with Crippen molar-refractivity contribution in [2.24, 2.45) is 17.2 Å². The Balaban J connectivity index is 2.74. The molecule has 0 fully saturated rings.